The average molecular weight is 210 g/mol. The highest BCUT2D eigenvalue weighted by Crippen LogP contribution is 2.29. The number of hydrogen-bond acceptors (Lipinski definition) is 2. The Balaban J connectivity index is 2.03. The van der Waals surface area contributed by atoms with E-state index in [4.69, 9.17) is 0 Å². The Bertz CT molecular complexity index is 242. The molecule has 2 aliphatic rings. The molecule has 0 aromatic rings. The van der Waals surface area contributed by atoms with Gasteiger partial charge in [0.15, 0.2) is 0 Å². The van der Waals surface area contributed by atoms with Crippen LogP contribution in [0.1, 0.15) is 46.0 Å². The summed E-state index contributed by atoms with van der Waals surface area (Å²) in [6, 6.07) is 0.501. The van der Waals surface area contributed by atoms with Crippen LogP contribution in [0.15, 0.2) is 0 Å². The summed E-state index contributed by atoms with van der Waals surface area (Å²) in [5, 5.41) is 3.29. The fraction of sp³-hybridized carbons (Fsp3) is 0.917. The second-order valence-electron chi connectivity index (χ2n) is 5.03. The number of rotatable bonds is 2. The lowest BCUT2D eigenvalue weighted by Crippen LogP contribution is -2.46. The molecular weight excluding hydrogens is 188 g/mol. The van der Waals surface area contributed by atoms with Crippen LogP contribution in [0.25, 0.3) is 0 Å². The highest BCUT2D eigenvalue weighted by molar-refractivity contribution is 5.81. The largest absolute Gasteiger partial charge is 0.323 e. The van der Waals surface area contributed by atoms with Gasteiger partial charge in [-0.15, -0.1) is 0 Å². The van der Waals surface area contributed by atoms with Crippen LogP contribution in [0.3, 0.4) is 0 Å². The molecule has 2 rings (SSSR count). The van der Waals surface area contributed by atoms with Gasteiger partial charge in [0.2, 0.25) is 5.91 Å². The molecule has 0 aromatic carbocycles. The van der Waals surface area contributed by atoms with Crippen LogP contribution in [-0.2, 0) is 4.79 Å². The molecule has 3 atom stereocenters. The van der Waals surface area contributed by atoms with E-state index in [9.17, 15) is 4.79 Å². The van der Waals surface area contributed by atoms with E-state index in [1.54, 1.807) is 0 Å². The molecular formula is C12H22N2O. The van der Waals surface area contributed by atoms with E-state index >= 15 is 0 Å². The van der Waals surface area contributed by atoms with E-state index in [2.05, 4.69) is 24.1 Å². The molecule has 0 radical (unpaired) electrons. The highest BCUT2D eigenvalue weighted by Gasteiger charge is 2.36. The van der Waals surface area contributed by atoms with Crippen molar-refractivity contribution in [3.05, 3.63) is 0 Å². The summed E-state index contributed by atoms with van der Waals surface area (Å²) in [5.41, 5.74) is 0. The third-order valence-electron chi connectivity index (χ3n) is 3.80. The fourth-order valence-corrected chi connectivity index (χ4v) is 3.02. The zero-order valence-electron chi connectivity index (χ0n) is 9.83. The van der Waals surface area contributed by atoms with Crippen molar-refractivity contribution >= 4 is 5.91 Å². The SMILES string of the molecule is CCC1NCC(=O)N1C1CCCC(C)C1. The number of nitrogens with zero attached hydrogens (tertiary/aromatic N) is 1. The van der Waals surface area contributed by atoms with Gasteiger partial charge in [0.25, 0.3) is 0 Å². The van der Waals surface area contributed by atoms with Gasteiger partial charge in [0, 0.05) is 6.04 Å². The Morgan fingerprint density at radius 1 is 1.47 bits per heavy atom. The number of carbonyl (C=O) groups is 1. The van der Waals surface area contributed by atoms with Crippen molar-refractivity contribution in [1.82, 2.24) is 10.2 Å². The number of amides is 1. The predicted octanol–water partition coefficient (Wildman–Crippen LogP) is 1.73. The summed E-state index contributed by atoms with van der Waals surface area (Å²) in [6.45, 7) is 5.00. The minimum absolute atomic E-state index is 0.299. The summed E-state index contributed by atoms with van der Waals surface area (Å²) < 4.78 is 0. The molecule has 2 fully saturated rings. The molecule has 86 valence electrons. The molecule has 1 aliphatic carbocycles. The zero-order valence-corrected chi connectivity index (χ0v) is 9.83. The van der Waals surface area contributed by atoms with Crippen molar-refractivity contribution in [2.24, 2.45) is 5.92 Å². The number of carbonyl (C=O) groups excluding carboxylic acids is 1. The van der Waals surface area contributed by atoms with Gasteiger partial charge in [-0.1, -0.05) is 26.7 Å². The lowest BCUT2D eigenvalue weighted by molar-refractivity contribution is -0.131. The molecule has 1 saturated heterocycles. The molecule has 1 N–H and O–H groups in total. The van der Waals surface area contributed by atoms with Gasteiger partial charge in [-0.3, -0.25) is 10.1 Å². The molecule has 3 unspecified atom stereocenters. The topological polar surface area (TPSA) is 32.3 Å². The first-order chi connectivity index (χ1) is 7.22. The van der Waals surface area contributed by atoms with Gasteiger partial charge in [-0.25, -0.2) is 0 Å². The van der Waals surface area contributed by atoms with E-state index in [0.717, 1.165) is 12.3 Å². The van der Waals surface area contributed by atoms with Gasteiger partial charge in [0.1, 0.15) is 0 Å². The second kappa shape index (κ2) is 4.52. The monoisotopic (exact) mass is 210 g/mol. The van der Waals surface area contributed by atoms with E-state index in [0.29, 0.717) is 24.7 Å². The van der Waals surface area contributed by atoms with Crippen molar-refractivity contribution in [3.8, 4) is 0 Å². The molecule has 1 amide bonds. The minimum atomic E-state index is 0.299. The predicted molar refractivity (Wildman–Crippen MR) is 60.3 cm³/mol. The molecule has 3 nitrogen and oxygen atoms in total. The Morgan fingerprint density at radius 3 is 2.93 bits per heavy atom. The third kappa shape index (κ3) is 2.17. The van der Waals surface area contributed by atoms with Crippen molar-refractivity contribution < 1.29 is 4.79 Å². The molecule has 15 heavy (non-hydrogen) atoms. The van der Waals surface area contributed by atoms with Crippen LogP contribution in [0.2, 0.25) is 0 Å². The van der Waals surface area contributed by atoms with Crippen LogP contribution in [0.5, 0.6) is 0 Å². The van der Waals surface area contributed by atoms with E-state index in [1.165, 1.54) is 25.7 Å². The first kappa shape index (κ1) is 10.9. The van der Waals surface area contributed by atoms with E-state index < -0.39 is 0 Å². The van der Waals surface area contributed by atoms with Crippen molar-refractivity contribution in [2.45, 2.75) is 58.2 Å². The first-order valence-electron chi connectivity index (χ1n) is 6.27. The highest BCUT2D eigenvalue weighted by atomic mass is 16.2. The average Bonchev–Trinajstić information content (AvgIpc) is 2.59. The summed E-state index contributed by atoms with van der Waals surface area (Å²) >= 11 is 0. The third-order valence-corrected chi connectivity index (χ3v) is 3.80. The second-order valence-corrected chi connectivity index (χ2v) is 5.03. The van der Waals surface area contributed by atoms with Crippen LogP contribution in [0.4, 0.5) is 0 Å². The van der Waals surface area contributed by atoms with Crippen LogP contribution in [0, 0.1) is 5.92 Å². The Morgan fingerprint density at radius 2 is 2.27 bits per heavy atom. The Kier molecular flexibility index (Phi) is 3.29. The normalized spacial score (nSPS) is 37.3. The molecule has 3 heteroatoms. The van der Waals surface area contributed by atoms with Gasteiger partial charge >= 0.3 is 0 Å². The fourth-order valence-electron chi connectivity index (χ4n) is 3.02. The molecule has 0 aromatic heterocycles. The number of nitrogens with one attached hydrogen (secondary N) is 1. The molecule has 0 spiro atoms. The lowest BCUT2D eigenvalue weighted by Gasteiger charge is -2.37. The maximum Gasteiger partial charge on any atom is 0.238 e. The zero-order chi connectivity index (χ0) is 10.8. The van der Waals surface area contributed by atoms with Crippen LogP contribution in [-0.4, -0.2) is 29.6 Å². The lowest BCUT2D eigenvalue weighted by atomic mass is 9.86. The maximum atomic E-state index is 11.8. The summed E-state index contributed by atoms with van der Waals surface area (Å²) in [4.78, 5) is 13.9. The van der Waals surface area contributed by atoms with Gasteiger partial charge in [-0.2, -0.15) is 0 Å². The smallest absolute Gasteiger partial charge is 0.238 e. The number of hydrogen-bond donors (Lipinski definition) is 1. The van der Waals surface area contributed by atoms with E-state index in [-0.39, 0.29) is 0 Å². The van der Waals surface area contributed by atoms with Crippen molar-refractivity contribution in [2.75, 3.05) is 6.54 Å². The van der Waals surface area contributed by atoms with Gasteiger partial charge < -0.3 is 4.90 Å². The quantitative estimate of drug-likeness (QED) is 0.753. The molecule has 1 heterocycles. The summed E-state index contributed by atoms with van der Waals surface area (Å²) in [6.07, 6.45) is 6.34. The summed E-state index contributed by atoms with van der Waals surface area (Å²) in [5.74, 6) is 1.09. The van der Waals surface area contributed by atoms with E-state index in [1.807, 2.05) is 0 Å². The van der Waals surface area contributed by atoms with Gasteiger partial charge in [-0.05, 0) is 25.2 Å². The van der Waals surface area contributed by atoms with Gasteiger partial charge in [0.05, 0.1) is 12.7 Å². The Labute approximate surface area is 92.2 Å². The first-order valence-corrected chi connectivity index (χ1v) is 6.27. The van der Waals surface area contributed by atoms with Crippen molar-refractivity contribution in [3.63, 3.8) is 0 Å². The van der Waals surface area contributed by atoms with Crippen LogP contribution >= 0.6 is 0 Å². The van der Waals surface area contributed by atoms with Crippen LogP contribution < -0.4 is 5.32 Å². The van der Waals surface area contributed by atoms with Crippen molar-refractivity contribution in [1.29, 1.82) is 0 Å². The maximum absolute atomic E-state index is 11.8. The molecule has 1 aliphatic heterocycles. The Hall–Kier alpha value is -0.570. The minimum Gasteiger partial charge on any atom is -0.323 e. The summed E-state index contributed by atoms with van der Waals surface area (Å²) in [7, 11) is 0. The molecule has 1 saturated carbocycles. The standard InChI is InChI=1S/C12H22N2O/c1-3-11-13-8-12(15)14(11)10-6-4-5-9(2)7-10/h9-11,13H,3-8H2,1-2H3. The molecule has 0 bridgehead atoms.